The first-order chi connectivity index (χ1) is 12.3. The number of carbonyl (C=O) groups excluding carboxylic acids is 1. The lowest BCUT2D eigenvalue weighted by atomic mass is 9.97. The number of aromatic carboxylic acids is 1. The van der Waals surface area contributed by atoms with Gasteiger partial charge in [-0.25, -0.2) is 4.79 Å². The first kappa shape index (κ1) is 19.3. The maximum Gasteiger partial charge on any atom is 0.335 e. The van der Waals surface area contributed by atoms with Crippen molar-refractivity contribution in [1.29, 1.82) is 0 Å². The van der Waals surface area contributed by atoms with Gasteiger partial charge >= 0.3 is 5.97 Å². The molecule has 0 aromatic heterocycles. The van der Waals surface area contributed by atoms with Crippen LogP contribution < -0.4 is 14.8 Å². The lowest BCUT2D eigenvalue weighted by molar-refractivity contribution is -0.115. The zero-order chi connectivity index (χ0) is 19.4. The van der Waals surface area contributed by atoms with Crippen LogP contribution >= 0.6 is 0 Å². The molecule has 0 aliphatic rings. The minimum absolute atomic E-state index is 0.000599. The number of methoxy groups -OCH3 is 2. The maximum atomic E-state index is 12.6. The fourth-order valence-electron chi connectivity index (χ4n) is 3.02. The lowest BCUT2D eigenvalue weighted by Gasteiger charge is -2.16. The quantitative estimate of drug-likeness (QED) is 0.826. The van der Waals surface area contributed by atoms with E-state index in [2.05, 4.69) is 5.32 Å². The van der Waals surface area contributed by atoms with Crippen LogP contribution in [0.2, 0.25) is 0 Å². The van der Waals surface area contributed by atoms with Crippen molar-refractivity contribution in [2.24, 2.45) is 0 Å². The molecule has 0 radical (unpaired) electrons. The van der Waals surface area contributed by atoms with Gasteiger partial charge in [-0.3, -0.25) is 4.79 Å². The number of carboxylic acid groups (broad SMARTS) is 1. The van der Waals surface area contributed by atoms with Crippen molar-refractivity contribution < 1.29 is 24.2 Å². The number of carboxylic acids is 1. The highest BCUT2D eigenvalue weighted by atomic mass is 16.5. The summed E-state index contributed by atoms with van der Waals surface area (Å²) in [6, 6.07) is 6.77. The molecule has 6 nitrogen and oxygen atoms in total. The third kappa shape index (κ3) is 4.14. The molecule has 2 N–H and O–H groups in total. The molecule has 2 aromatic carbocycles. The third-order valence-corrected chi connectivity index (χ3v) is 4.18. The monoisotopic (exact) mass is 357 g/mol. The van der Waals surface area contributed by atoms with Crippen molar-refractivity contribution in [3.63, 3.8) is 0 Å². The molecule has 138 valence electrons. The predicted molar refractivity (Wildman–Crippen MR) is 99.5 cm³/mol. The van der Waals surface area contributed by atoms with E-state index in [9.17, 15) is 14.7 Å². The first-order valence-electron chi connectivity index (χ1n) is 8.12. The lowest BCUT2D eigenvalue weighted by Crippen LogP contribution is -2.17. The van der Waals surface area contributed by atoms with Gasteiger partial charge in [0.1, 0.15) is 0 Å². The van der Waals surface area contributed by atoms with Gasteiger partial charge in [-0.2, -0.15) is 0 Å². The Kier molecular flexibility index (Phi) is 5.87. The maximum absolute atomic E-state index is 12.6. The molecule has 0 heterocycles. The van der Waals surface area contributed by atoms with E-state index in [4.69, 9.17) is 9.47 Å². The molecule has 0 unspecified atom stereocenters. The number of hydrogen-bond donors (Lipinski definition) is 2. The van der Waals surface area contributed by atoms with Gasteiger partial charge in [0.2, 0.25) is 5.91 Å². The van der Waals surface area contributed by atoms with Crippen molar-refractivity contribution in [3.8, 4) is 11.5 Å². The number of carbonyl (C=O) groups is 2. The number of aryl methyl sites for hydroxylation is 3. The van der Waals surface area contributed by atoms with Crippen LogP contribution in [0.15, 0.2) is 24.3 Å². The van der Waals surface area contributed by atoms with Crippen molar-refractivity contribution in [1.82, 2.24) is 0 Å². The summed E-state index contributed by atoms with van der Waals surface area (Å²) in [5, 5.41) is 12.0. The van der Waals surface area contributed by atoms with Gasteiger partial charge in [0.25, 0.3) is 0 Å². The van der Waals surface area contributed by atoms with Gasteiger partial charge in [-0.05, 0) is 49.6 Å². The van der Waals surface area contributed by atoms with Crippen LogP contribution in [0.5, 0.6) is 11.5 Å². The number of ether oxygens (including phenoxy) is 2. The number of anilines is 1. The Bertz CT molecular complexity index is 835. The van der Waals surface area contributed by atoms with Gasteiger partial charge in [-0.15, -0.1) is 0 Å². The first-order valence-corrected chi connectivity index (χ1v) is 8.12. The van der Waals surface area contributed by atoms with E-state index in [1.165, 1.54) is 26.4 Å². The van der Waals surface area contributed by atoms with E-state index < -0.39 is 5.97 Å². The standard InChI is InChI=1S/C20H23NO5/c1-11-6-12(2)15(13(3)7-11)10-18(22)21-16-8-14(20(23)24)9-17(25-4)19(16)26-5/h6-9H,10H2,1-5H3,(H,21,22)(H,23,24). The minimum atomic E-state index is -1.12. The van der Waals surface area contributed by atoms with Gasteiger partial charge in [0, 0.05) is 0 Å². The molecule has 1 amide bonds. The molecule has 2 aromatic rings. The van der Waals surface area contributed by atoms with Crippen LogP contribution in [-0.2, 0) is 11.2 Å². The Morgan fingerprint density at radius 1 is 1.00 bits per heavy atom. The van der Waals surface area contributed by atoms with E-state index in [1.54, 1.807) is 0 Å². The molecule has 6 heteroatoms. The number of amides is 1. The molecule has 0 fully saturated rings. The van der Waals surface area contributed by atoms with Crippen molar-refractivity contribution in [3.05, 3.63) is 52.1 Å². The third-order valence-electron chi connectivity index (χ3n) is 4.18. The van der Waals surface area contributed by atoms with Gasteiger partial charge in [0.05, 0.1) is 31.9 Å². The topological polar surface area (TPSA) is 84.9 Å². The molecule has 2 rings (SSSR count). The zero-order valence-corrected chi connectivity index (χ0v) is 15.6. The molecular weight excluding hydrogens is 334 g/mol. The Balaban J connectivity index is 2.34. The Hall–Kier alpha value is -3.02. The van der Waals surface area contributed by atoms with Crippen LogP contribution in [0.3, 0.4) is 0 Å². The smallest absolute Gasteiger partial charge is 0.335 e. The van der Waals surface area contributed by atoms with Gasteiger partial charge in [-0.1, -0.05) is 17.7 Å². The molecule has 0 saturated carbocycles. The van der Waals surface area contributed by atoms with E-state index in [0.717, 1.165) is 22.3 Å². The summed E-state index contributed by atoms with van der Waals surface area (Å²) in [7, 11) is 2.84. The molecule has 0 bridgehead atoms. The average molecular weight is 357 g/mol. The summed E-state index contributed by atoms with van der Waals surface area (Å²) in [5.74, 6) is -0.858. The summed E-state index contributed by atoms with van der Waals surface area (Å²) in [6.45, 7) is 5.95. The molecular formula is C20H23NO5. The second kappa shape index (κ2) is 7.91. The largest absolute Gasteiger partial charge is 0.493 e. The molecule has 0 aliphatic heterocycles. The van der Waals surface area contributed by atoms with Crippen LogP contribution in [0.1, 0.15) is 32.6 Å². The second-order valence-electron chi connectivity index (χ2n) is 6.17. The highest BCUT2D eigenvalue weighted by molar-refractivity contribution is 5.97. The fraction of sp³-hybridized carbons (Fsp3) is 0.300. The van der Waals surface area contributed by atoms with Crippen LogP contribution in [0, 0.1) is 20.8 Å². The average Bonchev–Trinajstić information content (AvgIpc) is 2.57. The predicted octanol–water partition coefficient (Wildman–Crippen LogP) is 3.51. The summed E-state index contributed by atoms with van der Waals surface area (Å²) >= 11 is 0. The SMILES string of the molecule is COc1cc(C(=O)O)cc(NC(=O)Cc2c(C)cc(C)cc2C)c1OC. The highest BCUT2D eigenvalue weighted by Gasteiger charge is 2.18. The summed E-state index contributed by atoms with van der Waals surface area (Å²) < 4.78 is 10.5. The highest BCUT2D eigenvalue weighted by Crippen LogP contribution is 2.36. The Morgan fingerprint density at radius 2 is 1.62 bits per heavy atom. The zero-order valence-electron chi connectivity index (χ0n) is 15.6. The van der Waals surface area contributed by atoms with Gasteiger partial charge in [0.15, 0.2) is 11.5 Å². The Morgan fingerprint density at radius 3 is 2.12 bits per heavy atom. The number of nitrogens with one attached hydrogen (secondary N) is 1. The normalized spacial score (nSPS) is 10.3. The molecule has 26 heavy (non-hydrogen) atoms. The van der Waals surface area contributed by atoms with Crippen molar-refractivity contribution in [2.45, 2.75) is 27.2 Å². The van der Waals surface area contributed by atoms with Crippen molar-refractivity contribution >= 4 is 17.6 Å². The van der Waals surface area contributed by atoms with E-state index in [1.807, 2.05) is 32.9 Å². The Labute approximate surface area is 152 Å². The van der Waals surface area contributed by atoms with E-state index >= 15 is 0 Å². The molecule has 0 spiro atoms. The summed E-state index contributed by atoms with van der Waals surface area (Å²) in [6.07, 6.45) is 0.181. The number of hydrogen-bond acceptors (Lipinski definition) is 4. The van der Waals surface area contributed by atoms with Gasteiger partial charge < -0.3 is 19.9 Å². The van der Waals surface area contributed by atoms with E-state index in [0.29, 0.717) is 0 Å². The number of benzene rings is 2. The minimum Gasteiger partial charge on any atom is -0.493 e. The van der Waals surface area contributed by atoms with E-state index in [-0.39, 0.29) is 35.1 Å². The summed E-state index contributed by atoms with van der Waals surface area (Å²) in [4.78, 5) is 23.9. The van der Waals surface area contributed by atoms with Crippen LogP contribution in [0.4, 0.5) is 5.69 Å². The van der Waals surface area contributed by atoms with Crippen LogP contribution in [0.25, 0.3) is 0 Å². The van der Waals surface area contributed by atoms with Crippen LogP contribution in [-0.4, -0.2) is 31.2 Å². The van der Waals surface area contributed by atoms with Crippen molar-refractivity contribution in [2.75, 3.05) is 19.5 Å². The molecule has 0 saturated heterocycles. The molecule has 0 aliphatic carbocycles. The fourth-order valence-corrected chi connectivity index (χ4v) is 3.02. The second-order valence-corrected chi connectivity index (χ2v) is 6.17. The molecule has 0 atom stereocenters. The summed E-state index contributed by atoms with van der Waals surface area (Å²) in [5.41, 5.74) is 4.44. The number of rotatable bonds is 6.